The second-order valence-electron chi connectivity index (χ2n) is 3.15. The van der Waals surface area contributed by atoms with Crippen molar-refractivity contribution in [1.82, 2.24) is 4.90 Å². The van der Waals surface area contributed by atoms with E-state index in [1.807, 2.05) is 26.0 Å². The molecular weight excluding hydrogens is 218 g/mol. The highest BCUT2D eigenvalue weighted by molar-refractivity contribution is 8.03. The number of amides is 1. The van der Waals surface area contributed by atoms with Crippen LogP contribution in [0.3, 0.4) is 0 Å². The number of hydrogen-bond acceptors (Lipinski definition) is 2. The molecule has 4 heteroatoms. The van der Waals surface area contributed by atoms with E-state index in [0.29, 0.717) is 5.88 Å². The van der Waals surface area contributed by atoms with Crippen molar-refractivity contribution in [3.8, 4) is 0 Å². The number of alkyl halides is 1. The number of allylic oxidation sites excluding steroid dienone is 3. The zero-order valence-corrected chi connectivity index (χ0v) is 9.94. The lowest BCUT2D eigenvalue weighted by atomic mass is 10.3. The smallest absolute Gasteiger partial charge is 0.214 e. The number of halogens is 1. The van der Waals surface area contributed by atoms with Gasteiger partial charge < -0.3 is 4.90 Å². The molecule has 0 aromatic rings. The molecule has 1 unspecified atom stereocenters. The standard InChI is InChI=1S/C10H14ClNOS/c1-3-9(5-11)4-10-12(7-13)8(2)6-14-10/h3-4,7-8H,5-6H2,1-2H3/b9-3+,10-4+. The van der Waals surface area contributed by atoms with Gasteiger partial charge in [-0.05, 0) is 25.5 Å². The third-order valence-electron chi connectivity index (χ3n) is 2.15. The Labute approximate surface area is 94.0 Å². The zero-order chi connectivity index (χ0) is 10.6. The van der Waals surface area contributed by atoms with Crippen molar-refractivity contribution in [2.24, 2.45) is 0 Å². The number of carbonyl (C=O) groups is 1. The fourth-order valence-electron chi connectivity index (χ4n) is 1.21. The summed E-state index contributed by atoms with van der Waals surface area (Å²) in [5.74, 6) is 1.45. The number of carbonyl (C=O) groups excluding carboxylic acids is 1. The van der Waals surface area contributed by atoms with Gasteiger partial charge in [0.15, 0.2) is 0 Å². The summed E-state index contributed by atoms with van der Waals surface area (Å²) in [5, 5.41) is 1.00. The van der Waals surface area contributed by atoms with Gasteiger partial charge in [0.05, 0.1) is 5.03 Å². The van der Waals surface area contributed by atoms with Crippen molar-refractivity contribution in [2.45, 2.75) is 19.9 Å². The van der Waals surface area contributed by atoms with E-state index in [4.69, 9.17) is 11.6 Å². The Kier molecular flexibility index (Phi) is 4.55. The summed E-state index contributed by atoms with van der Waals surface area (Å²) < 4.78 is 0. The second kappa shape index (κ2) is 5.47. The Morgan fingerprint density at radius 2 is 2.50 bits per heavy atom. The summed E-state index contributed by atoms with van der Waals surface area (Å²) in [6.45, 7) is 3.99. The fraction of sp³-hybridized carbons (Fsp3) is 0.500. The van der Waals surface area contributed by atoms with Crippen LogP contribution in [0.4, 0.5) is 0 Å². The van der Waals surface area contributed by atoms with Crippen molar-refractivity contribution >= 4 is 29.8 Å². The van der Waals surface area contributed by atoms with E-state index in [-0.39, 0.29) is 6.04 Å². The van der Waals surface area contributed by atoms with Crippen molar-refractivity contribution < 1.29 is 4.79 Å². The predicted molar refractivity (Wildman–Crippen MR) is 62.4 cm³/mol. The lowest BCUT2D eigenvalue weighted by molar-refractivity contribution is -0.116. The first kappa shape index (κ1) is 11.7. The first-order chi connectivity index (χ1) is 6.72. The molecule has 0 N–H and O–H groups in total. The summed E-state index contributed by atoms with van der Waals surface area (Å²) in [6.07, 6.45) is 4.83. The monoisotopic (exact) mass is 231 g/mol. The van der Waals surface area contributed by atoms with E-state index < -0.39 is 0 Å². The van der Waals surface area contributed by atoms with Gasteiger partial charge in [-0.2, -0.15) is 0 Å². The van der Waals surface area contributed by atoms with Gasteiger partial charge in [-0.25, -0.2) is 0 Å². The minimum atomic E-state index is 0.289. The van der Waals surface area contributed by atoms with Gasteiger partial charge in [0.2, 0.25) is 6.41 Å². The highest BCUT2D eigenvalue weighted by atomic mass is 35.5. The number of thioether (sulfide) groups is 1. The summed E-state index contributed by atoms with van der Waals surface area (Å²) in [7, 11) is 0. The normalized spacial score (nSPS) is 25.9. The van der Waals surface area contributed by atoms with Gasteiger partial charge in [0.1, 0.15) is 0 Å². The highest BCUT2D eigenvalue weighted by Crippen LogP contribution is 2.31. The molecule has 0 spiro atoms. The van der Waals surface area contributed by atoms with Crippen LogP contribution in [-0.4, -0.2) is 29.0 Å². The molecule has 2 nitrogen and oxygen atoms in total. The van der Waals surface area contributed by atoms with Gasteiger partial charge in [-0.1, -0.05) is 6.08 Å². The Hall–Kier alpha value is -0.410. The SMILES string of the molecule is C/C=C(\C=C1\SCC(C)N1C=O)CCl. The zero-order valence-electron chi connectivity index (χ0n) is 8.37. The third kappa shape index (κ3) is 2.55. The maximum atomic E-state index is 10.8. The molecular formula is C10H14ClNOS. The second-order valence-corrected chi connectivity index (χ2v) is 4.46. The van der Waals surface area contributed by atoms with Crippen LogP contribution in [0.25, 0.3) is 0 Å². The first-order valence-corrected chi connectivity index (χ1v) is 6.04. The van der Waals surface area contributed by atoms with Gasteiger partial charge in [-0.15, -0.1) is 23.4 Å². The number of nitrogens with zero attached hydrogens (tertiary/aromatic N) is 1. The lowest BCUT2D eigenvalue weighted by Gasteiger charge is -2.15. The number of rotatable bonds is 3. The van der Waals surface area contributed by atoms with Crippen LogP contribution in [0.5, 0.6) is 0 Å². The van der Waals surface area contributed by atoms with Crippen LogP contribution in [0, 0.1) is 0 Å². The molecule has 0 aliphatic carbocycles. The maximum Gasteiger partial charge on any atom is 0.214 e. The molecule has 0 bridgehead atoms. The van der Waals surface area contributed by atoms with E-state index in [0.717, 1.165) is 22.8 Å². The molecule has 14 heavy (non-hydrogen) atoms. The van der Waals surface area contributed by atoms with Crippen molar-refractivity contribution in [2.75, 3.05) is 11.6 Å². The topological polar surface area (TPSA) is 20.3 Å². The molecule has 1 aliphatic heterocycles. The van der Waals surface area contributed by atoms with Crippen LogP contribution >= 0.6 is 23.4 Å². The molecule has 78 valence electrons. The molecule has 1 atom stereocenters. The Morgan fingerprint density at radius 3 is 3.00 bits per heavy atom. The predicted octanol–water partition coefficient (Wildman–Crippen LogP) is 2.61. The molecule has 1 heterocycles. The molecule has 0 aromatic carbocycles. The Morgan fingerprint density at radius 1 is 1.79 bits per heavy atom. The Bertz CT molecular complexity index is 275. The quantitative estimate of drug-likeness (QED) is 0.550. The van der Waals surface area contributed by atoms with E-state index in [1.165, 1.54) is 0 Å². The molecule has 1 saturated heterocycles. The van der Waals surface area contributed by atoms with Gasteiger partial charge in [0.25, 0.3) is 0 Å². The van der Waals surface area contributed by atoms with Crippen LogP contribution < -0.4 is 0 Å². The molecule has 0 saturated carbocycles. The number of hydrogen-bond donors (Lipinski definition) is 0. The summed E-state index contributed by atoms with van der Waals surface area (Å²) >= 11 is 7.44. The van der Waals surface area contributed by atoms with Crippen LogP contribution in [0.15, 0.2) is 22.8 Å². The van der Waals surface area contributed by atoms with Crippen LogP contribution in [-0.2, 0) is 4.79 Å². The summed E-state index contributed by atoms with van der Waals surface area (Å²) in [5.41, 5.74) is 1.05. The highest BCUT2D eigenvalue weighted by Gasteiger charge is 2.24. The van der Waals surface area contributed by atoms with Crippen molar-refractivity contribution in [3.05, 3.63) is 22.8 Å². The molecule has 0 aromatic heterocycles. The minimum Gasteiger partial charge on any atom is -0.306 e. The Balaban J connectivity index is 2.82. The first-order valence-electron chi connectivity index (χ1n) is 4.52. The average Bonchev–Trinajstić information content (AvgIpc) is 2.55. The molecule has 0 radical (unpaired) electrons. The van der Waals surface area contributed by atoms with Crippen LogP contribution in [0.1, 0.15) is 13.8 Å². The van der Waals surface area contributed by atoms with Crippen molar-refractivity contribution in [3.63, 3.8) is 0 Å². The maximum absolute atomic E-state index is 10.8. The van der Waals surface area contributed by atoms with E-state index >= 15 is 0 Å². The van der Waals surface area contributed by atoms with Crippen LogP contribution in [0.2, 0.25) is 0 Å². The average molecular weight is 232 g/mol. The molecule has 1 aliphatic rings. The molecule has 1 rings (SSSR count). The lowest BCUT2D eigenvalue weighted by Crippen LogP contribution is -2.25. The van der Waals surface area contributed by atoms with Gasteiger partial charge in [-0.3, -0.25) is 4.79 Å². The molecule has 1 fully saturated rings. The third-order valence-corrected chi connectivity index (χ3v) is 3.73. The van der Waals surface area contributed by atoms with Gasteiger partial charge in [0, 0.05) is 17.7 Å². The van der Waals surface area contributed by atoms with E-state index in [2.05, 4.69) is 0 Å². The van der Waals surface area contributed by atoms with E-state index in [9.17, 15) is 4.79 Å². The molecule has 1 amide bonds. The summed E-state index contributed by atoms with van der Waals surface area (Å²) in [4.78, 5) is 12.6. The van der Waals surface area contributed by atoms with Crippen molar-refractivity contribution in [1.29, 1.82) is 0 Å². The van der Waals surface area contributed by atoms with Gasteiger partial charge >= 0.3 is 0 Å². The largest absolute Gasteiger partial charge is 0.306 e. The fourth-order valence-corrected chi connectivity index (χ4v) is 2.62. The van der Waals surface area contributed by atoms with E-state index in [1.54, 1.807) is 16.7 Å². The minimum absolute atomic E-state index is 0.289. The summed E-state index contributed by atoms with van der Waals surface area (Å²) in [6, 6.07) is 0.289.